The maximum Gasteiger partial charge on any atom is 0.233 e. The third kappa shape index (κ3) is 8.76. The molecule has 3 heterocycles. The predicted molar refractivity (Wildman–Crippen MR) is 211 cm³/mol. The minimum absolute atomic E-state index is 0.0975. The number of aliphatic hydroxyl groups is 8. The zero-order chi connectivity index (χ0) is 42.9. The van der Waals surface area contributed by atoms with Crippen molar-refractivity contribution in [1.29, 1.82) is 0 Å². The monoisotopic (exact) mass is 853 g/mol. The molecule has 0 radical (unpaired) electrons. The summed E-state index contributed by atoms with van der Waals surface area (Å²) in [5, 5.41) is 84.5. The standard InChI is InChI=1S/C43H48FNO14S/c44-26-14-11-24(12-15-26)30(48)18-17-29-35(45(42(29)54)27-9-5-2-6-10-27)28-16-13-25(23-7-3-1-4-8-23)19-34(28)60(55,56)22-33-37(50)39(52)41(32(21-47)57-33)59-43-40(53)38(51)36(49)31(20-46)58-43/h1-16,19,29-33,35-41,43,46-53H,17-18,20-22H2/t29-,30+,31-,32-,33+,35-,36-,37+,38+,39-,40-,41?,43+/m1/s1. The Hall–Kier alpha value is -4.21. The number of para-hydroxylation sites is 1. The molecule has 3 saturated heterocycles. The largest absolute Gasteiger partial charge is 0.394 e. The van der Waals surface area contributed by atoms with E-state index >= 15 is 0 Å². The Balaban J connectivity index is 1.21. The molecular weight excluding hydrogens is 806 g/mol. The van der Waals surface area contributed by atoms with Gasteiger partial charge in [0.25, 0.3) is 0 Å². The number of nitrogens with zero attached hydrogens (tertiary/aromatic N) is 1. The fraction of sp³-hybridized carbons (Fsp3) is 0.419. The van der Waals surface area contributed by atoms with Crippen LogP contribution in [0.15, 0.2) is 108 Å². The molecule has 1 amide bonds. The molecule has 3 aliphatic rings. The summed E-state index contributed by atoms with van der Waals surface area (Å²) in [5.74, 6) is -2.49. The van der Waals surface area contributed by atoms with Crippen LogP contribution in [0.25, 0.3) is 11.1 Å². The van der Waals surface area contributed by atoms with Gasteiger partial charge in [-0.05, 0) is 65.4 Å². The lowest BCUT2D eigenvalue weighted by atomic mass is 9.78. The number of halogens is 1. The lowest BCUT2D eigenvalue weighted by molar-refractivity contribution is -0.341. The molecule has 13 atom stereocenters. The van der Waals surface area contributed by atoms with Crippen molar-refractivity contribution in [3.8, 4) is 11.1 Å². The fourth-order valence-corrected chi connectivity index (χ4v) is 9.96. The van der Waals surface area contributed by atoms with Crippen LogP contribution in [0.3, 0.4) is 0 Å². The second-order valence-corrected chi connectivity index (χ2v) is 17.3. The number of anilines is 1. The van der Waals surface area contributed by atoms with Gasteiger partial charge in [0, 0.05) is 5.69 Å². The van der Waals surface area contributed by atoms with Crippen molar-refractivity contribution in [2.75, 3.05) is 23.9 Å². The van der Waals surface area contributed by atoms with Crippen molar-refractivity contribution in [3.63, 3.8) is 0 Å². The molecule has 15 nitrogen and oxygen atoms in total. The highest BCUT2D eigenvalue weighted by Gasteiger charge is 2.53. The molecule has 7 rings (SSSR count). The zero-order valence-corrected chi connectivity index (χ0v) is 32.9. The number of hydrogen-bond donors (Lipinski definition) is 8. The number of benzene rings is 4. The first-order valence-electron chi connectivity index (χ1n) is 19.6. The van der Waals surface area contributed by atoms with Crippen LogP contribution >= 0.6 is 0 Å². The van der Waals surface area contributed by atoms with Crippen molar-refractivity contribution < 1.29 is 72.7 Å². The van der Waals surface area contributed by atoms with E-state index in [2.05, 4.69) is 0 Å². The number of ether oxygens (including phenoxy) is 3. The summed E-state index contributed by atoms with van der Waals surface area (Å²) in [5.41, 5.74) is 2.40. The second-order valence-electron chi connectivity index (χ2n) is 15.3. The number of β-lactam (4-membered cyclic amide) rings is 1. The Kier molecular flexibility index (Phi) is 13.5. The lowest BCUT2D eigenvalue weighted by Gasteiger charge is -2.48. The molecule has 8 N–H and O–H groups in total. The maximum atomic E-state index is 14.8. The molecule has 1 unspecified atom stereocenters. The van der Waals surface area contributed by atoms with Crippen molar-refractivity contribution >= 4 is 21.4 Å². The minimum atomic E-state index is -4.53. The third-order valence-corrected chi connectivity index (χ3v) is 13.3. The molecule has 0 bridgehead atoms. The summed E-state index contributed by atoms with van der Waals surface area (Å²) in [6, 6.07) is 27.0. The molecular formula is C43H48FNO14S. The Labute approximate surface area is 345 Å². The van der Waals surface area contributed by atoms with E-state index in [-0.39, 0.29) is 29.2 Å². The van der Waals surface area contributed by atoms with Gasteiger partial charge in [-0.3, -0.25) is 4.79 Å². The van der Waals surface area contributed by atoms with Gasteiger partial charge in [-0.1, -0.05) is 72.8 Å². The van der Waals surface area contributed by atoms with Crippen LogP contribution in [-0.4, -0.2) is 135 Å². The predicted octanol–water partition coefficient (Wildman–Crippen LogP) is 1.15. The average Bonchev–Trinajstić information content (AvgIpc) is 3.25. The summed E-state index contributed by atoms with van der Waals surface area (Å²) in [7, 11) is -4.53. The number of sulfone groups is 1. The number of carbonyl (C=O) groups excluding carboxylic acids is 1. The van der Waals surface area contributed by atoms with Crippen molar-refractivity contribution in [2.24, 2.45) is 5.92 Å². The smallest absolute Gasteiger partial charge is 0.233 e. The Morgan fingerprint density at radius 1 is 0.717 bits per heavy atom. The van der Waals surface area contributed by atoms with E-state index in [9.17, 15) is 58.5 Å². The second kappa shape index (κ2) is 18.4. The summed E-state index contributed by atoms with van der Waals surface area (Å²) in [6.45, 7) is -1.64. The van der Waals surface area contributed by atoms with E-state index < -0.39 is 114 Å². The molecule has 322 valence electrons. The van der Waals surface area contributed by atoms with E-state index in [4.69, 9.17) is 14.2 Å². The highest BCUT2D eigenvalue weighted by atomic mass is 32.2. The molecule has 0 aromatic heterocycles. The highest BCUT2D eigenvalue weighted by Crippen LogP contribution is 2.49. The van der Waals surface area contributed by atoms with Crippen LogP contribution < -0.4 is 4.90 Å². The first kappa shape index (κ1) is 43.9. The molecule has 0 aliphatic carbocycles. The number of carbonyl (C=O) groups is 1. The van der Waals surface area contributed by atoms with E-state index in [1.165, 1.54) is 35.2 Å². The van der Waals surface area contributed by atoms with Crippen LogP contribution in [0.5, 0.6) is 0 Å². The lowest BCUT2D eigenvalue weighted by Crippen LogP contribution is -2.65. The van der Waals surface area contributed by atoms with Gasteiger partial charge in [0.1, 0.15) is 60.8 Å². The van der Waals surface area contributed by atoms with E-state index in [1.807, 2.05) is 0 Å². The summed E-state index contributed by atoms with van der Waals surface area (Å²) in [4.78, 5) is 15.3. The minimum Gasteiger partial charge on any atom is -0.394 e. The van der Waals surface area contributed by atoms with E-state index in [1.54, 1.807) is 72.8 Å². The molecule has 3 fully saturated rings. The van der Waals surface area contributed by atoms with Crippen molar-refractivity contribution in [2.45, 2.75) is 91.1 Å². The molecule has 60 heavy (non-hydrogen) atoms. The van der Waals surface area contributed by atoms with Gasteiger partial charge in [-0.15, -0.1) is 0 Å². The van der Waals surface area contributed by atoms with Crippen molar-refractivity contribution in [1.82, 2.24) is 0 Å². The molecule has 17 heteroatoms. The van der Waals surface area contributed by atoms with Gasteiger partial charge in [0.2, 0.25) is 5.91 Å². The Morgan fingerprint density at radius 2 is 1.35 bits per heavy atom. The molecule has 4 aromatic rings. The van der Waals surface area contributed by atoms with Crippen molar-refractivity contribution in [3.05, 3.63) is 120 Å². The number of amides is 1. The summed E-state index contributed by atoms with van der Waals surface area (Å²) in [6.07, 6.45) is -18.1. The average molecular weight is 854 g/mol. The topological polar surface area (TPSA) is 244 Å². The van der Waals surface area contributed by atoms with Gasteiger partial charge in [-0.2, -0.15) is 0 Å². The molecule has 0 spiro atoms. The fourth-order valence-electron chi connectivity index (χ4n) is 8.22. The highest BCUT2D eigenvalue weighted by molar-refractivity contribution is 7.91. The van der Waals surface area contributed by atoms with Gasteiger partial charge in [-0.25, -0.2) is 12.8 Å². The van der Waals surface area contributed by atoms with Crippen LogP contribution in [0, 0.1) is 11.7 Å². The van der Waals surface area contributed by atoms with Crippen LogP contribution in [0.2, 0.25) is 0 Å². The zero-order valence-electron chi connectivity index (χ0n) is 32.1. The SMILES string of the molecule is O=C1[C@H](CC[C@H](O)c2ccc(F)cc2)[C@@H](c2ccc(-c3ccccc3)cc2S(=O)(=O)C[C@@H]2O[C@H](CO)C(O[C@@H]3O[C@H](CO)[C@@H](O)[C@H](O)[C@H]3O)[C@H](O)[C@H]2O)N1c1ccccc1. The normalized spacial score (nSPS) is 31.4. The summed E-state index contributed by atoms with van der Waals surface area (Å²) >= 11 is 0. The number of aliphatic hydroxyl groups excluding tert-OH is 8. The van der Waals surface area contributed by atoms with Gasteiger partial charge >= 0.3 is 0 Å². The van der Waals surface area contributed by atoms with Gasteiger partial charge in [0.15, 0.2) is 16.1 Å². The van der Waals surface area contributed by atoms with Gasteiger partial charge < -0.3 is 60.0 Å². The molecule has 0 saturated carbocycles. The first-order valence-corrected chi connectivity index (χ1v) is 21.2. The molecule has 3 aliphatic heterocycles. The van der Waals surface area contributed by atoms with E-state index in [0.717, 1.165) is 0 Å². The third-order valence-electron chi connectivity index (χ3n) is 11.5. The first-order chi connectivity index (χ1) is 28.7. The Morgan fingerprint density at radius 3 is 2.00 bits per heavy atom. The molecule has 4 aromatic carbocycles. The quantitative estimate of drug-likeness (QED) is 0.0831. The maximum absolute atomic E-state index is 14.8. The van der Waals surface area contributed by atoms with Gasteiger partial charge in [0.05, 0.1) is 41.9 Å². The van der Waals surface area contributed by atoms with Crippen LogP contribution in [0.1, 0.15) is 36.1 Å². The number of hydrogen-bond acceptors (Lipinski definition) is 14. The Bertz CT molecular complexity index is 2180. The van der Waals surface area contributed by atoms with Crippen LogP contribution in [0.4, 0.5) is 10.1 Å². The number of rotatable bonds is 14. The summed E-state index contributed by atoms with van der Waals surface area (Å²) < 4.78 is 60.2. The van der Waals surface area contributed by atoms with E-state index in [0.29, 0.717) is 22.4 Å². The van der Waals surface area contributed by atoms with Crippen LogP contribution in [-0.2, 0) is 28.8 Å².